The lowest BCUT2D eigenvalue weighted by Gasteiger charge is -2.08. The van der Waals surface area contributed by atoms with Crippen LogP contribution in [0.5, 0.6) is 0 Å². The summed E-state index contributed by atoms with van der Waals surface area (Å²) in [5.74, 6) is -2.09. The molecular weight excluding hydrogens is 162 g/mol. The third-order valence-electron chi connectivity index (χ3n) is 1.79. The molecule has 0 spiro atoms. The van der Waals surface area contributed by atoms with Crippen LogP contribution in [0.2, 0.25) is 0 Å². The Balaban J connectivity index is 3.07. The molecule has 1 aromatic carbocycles. The second kappa shape index (κ2) is 3.63. The number of rotatable bonds is 2. The van der Waals surface area contributed by atoms with E-state index in [4.69, 9.17) is 5.11 Å². The van der Waals surface area contributed by atoms with Gasteiger partial charge >= 0.3 is 0 Å². The van der Waals surface area contributed by atoms with E-state index < -0.39 is 11.6 Å². The highest BCUT2D eigenvalue weighted by Gasteiger charge is 2.12. The maximum atomic E-state index is 13.0. The number of hydrogen-bond acceptors (Lipinski definition) is 1. The molecule has 0 unspecified atom stereocenters. The maximum absolute atomic E-state index is 13.0. The van der Waals surface area contributed by atoms with Crippen molar-refractivity contribution in [2.24, 2.45) is 0 Å². The molecule has 0 amide bonds. The van der Waals surface area contributed by atoms with Gasteiger partial charge in [-0.05, 0) is 11.6 Å². The van der Waals surface area contributed by atoms with Crippen LogP contribution in [0, 0.1) is 11.6 Å². The molecule has 1 aromatic rings. The number of hydrogen-bond donors (Lipinski definition) is 1. The van der Waals surface area contributed by atoms with Crippen LogP contribution in [-0.2, 0) is 0 Å². The number of aliphatic hydroxyl groups is 1. The van der Waals surface area contributed by atoms with Crippen LogP contribution in [0.1, 0.15) is 18.4 Å². The fourth-order valence-corrected chi connectivity index (χ4v) is 0.999. The van der Waals surface area contributed by atoms with E-state index in [2.05, 4.69) is 0 Å². The molecule has 0 saturated heterocycles. The van der Waals surface area contributed by atoms with Gasteiger partial charge < -0.3 is 5.11 Å². The smallest absolute Gasteiger partial charge is 0.162 e. The molecular formula is C9H10F2O. The first-order chi connectivity index (χ1) is 5.66. The van der Waals surface area contributed by atoms with Crippen molar-refractivity contribution >= 4 is 0 Å². The predicted octanol–water partition coefficient (Wildman–Crippen LogP) is 2.06. The van der Waals surface area contributed by atoms with E-state index >= 15 is 0 Å². The number of halogens is 2. The van der Waals surface area contributed by atoms with Gasteiger partial charge in [-0.2, -0.15) is 0 Å². The van der Waals surface area contributed by atoms with E-state index in [0.29, 0.717) is 0 Å². The molecule has 0 bridgehead atoms. The SMILES string of the molecule is C[C@@H](CO)c1cccc(F)c1F. The Morgan fingerprint density at radius 1 is 1.42 bits per heavy atom. The summed E-state index contributed by atoms with van der Waals surface area (Å²) in [6.45, 7) is 1.46. The molecule has 0 aromatic heterocycles. The lowest BCUT2D eigenvalue weighted by molar-refractivity contribution is 0.269. The van der Waals surface area contributed by atoms with Crippen LogP contribution in [0.25, 0.3) is 0 Å². The Labute approximate surface area is 69.7 Å². The molecule has 0 fully saturated rings. The molecule has 1 rings (SSSR count). The topological polar surface area (TPSA) is 20.2 Å². The molecule has 12 heavy (non-hydrogen) atoms. The highest BCUT2D eigenvalue weighted by atomic mass is 19.2. The molecule has 0 aliphatic heterocycles. The highest BCUT2D eigenvalue weighted by molar-refractivity contribution is 5.22. The van der Waals surface area contributed by atoms with Gasteiger partial charge in [-0.3, -0.25) is 0 Å². The first kappa shape index (κ1) is 9.13. The Hall–Kier alpha value is -0.960. The second-order valence-corrected chi connectivity index (χ2v) is 2.73. The Morgan fingerprint density at radius 2 is 2.08 bits per heavy atom. The van der Waals surface area contributed by atoms with Gasteiger partial charge in [-0.15, -0.1) is 0 Å². The van der Waals surface area contributed by atoms with Crippen molar-refractivity contribution in [3.8, 4) is 0 Å². The molecule has 0 aliphatic carbocycles. The molecule has 0 heterocycles. The lowest BCUT2D eigenvalue weighted by atomic mass is 10.0. The van der Waals surface area contributed by atoms with Gasteiger partial charge in [0.05, 0.1) is 0 Å². The van der Waals surface area contributed by atoms with Crippen LogP contribution in [0.3, 0.4) is 0 Å². The lowest BCUT2D eigenvalue weighted by Crippen LogP contribution is -2.03. The van der Waals surface area contributed by atoms with Gasteiger partial charge in [0, 0.05) is 12.5 Å². The van der Waals surface area contributed by atoms with E-state index in [1.54, 1.807) is 6.92 Å². The molecule has 0 radical (unpaired) electrons. The summed E-state index contributed by atoms with van der Waals surface area (Å²) >= 11 is 0. The summed E-state index contributed by atoms with van der Waals surface area (Å²) in [6.07, 6.45) is 0. The Morgan fingerprint density at radius 3 is 2.67 bits per heavy atom. The molecule has 0 saturated carbocycles. The van der Waals surface area contributed by atoms with E-state index in [-0.39, 0.29) is 18.1 Å². The first-order valence-electron chi connectivity index (χ1n) is 3.71. The average Bonchev–Trinajstić information content (AvgIpc) is 2.08. The minimum atomic E-state index is -0.868. The van der Waals surface area contributed by atoms with Crippen molar-refractivity contribution in [3.63, 3.8) is 0 Å². The highest BCUT2D eigenvalue weighted by Crippen LogP contribution is 2.19. The number of benzene rings is 1. The van der Waals surface area contributed by atoms with E-state index in [1.807, 2.05) is 0 Å². The minimum absolute atomic E-state index is 0.180. The summed E-state index contributed by atoms with van der Waals surface area (Å²) in [6, 6.07) is 3.96. The third-order valence-corrected chi connectivity index (χ3v) is 1.79. The standard InChI is InChI=1S/C9H10F2O/c1-6(5-12)7-3-2-4-8(10)9(7)11/h2-4,6,12H,5H2,1H3/t6-/m0/s1. The monoisotopic (exact) mass is 172 g/mol. The molecule has 3 heteroatoms. The van der Waals surface area contributed by atoms with Crippen LogP contribution >= 0.6 is 0 Å². The van der Waals surface area contributed by atoms with Crippen molar-refractivity contribution in [2.75, 3.05) is 6.61 Å². The van der Waals surface area contributed by atoms with E-state index in [0.717, 1.165) is 6.07 Å². The summed E-state index contributed by atoms with van der Waals surface area (Å²) in [4.78, 5) is 0. The molecule has 0 aliphatic rings. The Bertz CT molecular complexity index is 273. The van der Waals surface area contributed by atoms with Gasteiger partial charge in [0.2, 0.25) is 0 Å². The number of aliphatic hydroxyl groups excluding tert-OH is 1. The van der Waals surface area contributed by atoms with Gasteiger partial charge in [0.25, 0.3) is 0 Å². The van der Waals surface area contributed by atoms with Crippen LogP contribution < -0.4 is 0 Å². The van der Waals surface area contributed by atoms with Crippen molar-refractivity contribution in [1.29, 1.82) is 0 Å². The third kappa shape index (κ3) is 1.61. The van der Waals surface area contributed by atoms with E-state index in [1.165, 1.54) is 12.1 Å². The zero-order valence-electron chi connectivity index (χ0n) is 6.72. The summed E-state index contributed by atoms with van der Waals surface area (Å²) in [5, 5.41) is 8.71. The Kier molecular flexibility index (Phi) is 2.76. The molecule has 1 nitrogen and oxygen atoms in total. The predicted molar refractivity (Wildman–Crippen MR) is 41.9 cm³/mol. The van der Waals surface area contributed by atoms with Gasteiger partial charge in [0.1, 0.15) is 0 Å². The maximum Gasteiger partial charge on any atom is 0.162 e. The quantitative estimate of drug-likeness (QED) is 0.723. The zero-order chi connectivity index (χ0) is 9.14. The van der Waals surface area contributed by atoms with Crippen LogP contribution in [0.15, 0.2) is 18.2 Å². The van der Waals surface area contributed by atoms with Gasteiger partial charge in [0.15, 0.2) is 11.6 Å². The van der Waals surface area contributed by atoms with Crippen LogP contribution in [0.4, 0.5) is 8.78 Å². The molecule has 1 N–H and O–H groups in total. The van der Waals surface area contributed by atoms with Crippen molar-refractivity contribution < 1.29 is 13.9 Å². The zero-order valence-corrected chi connectivity index (χ0v) is 6.72. The van der Waals surface area contributed by atoms with Gasteiger partial charge in [-0.1, -0.05) is 19.1 Å². The molecule has 66 valence electrons. The largest absolute Gasteiger partial charge is 0.396 e. The van der Waals surface area contributed by atoms with Crippen molar-refractivity contribution in [2.45, 2.75) is 12.8 Å². The summed E-state index contributed by atoms with van der Waals surface area (Å²) in [5.41, 5.74) is 0.220. The average molecular weight is 172 g/mol. The molecule has 1 atom stereocenters. The van der Waals surface area contributed by atoms with Gasteiger partial charge in [-0.25, -0.2) is 8.78 Å². The summed E-state index contributed by atoms with van der Waals surface area (Å²) < 4.78 is 25.6. The second-order valence-electron chi connectivity index (χ2n) is 2.73. The van der Waals surface area contributed by atoms with Crippen molar-refractivity contribution in [3.05, 3.63) is 35.4 Å². The fourth-order valence-electron chi connectivity index (χ4n) is 0.999. The van der Waals surface area contributed by atoms with E-state index in [9.17, 15) is 8.78 Å². The fraction of sp³-hybridized carbons (Fsp3) is 0.333. The van der Waals surface area contributed by atoms with Crippen LogP contribution in [-0.4, -0.2) is 11.7 Å². The minimum Gasteiger partial charge on any atom is -0.396 e. The normalized spacial score (nSPS) is 13.0. The summed E-state index contributed by atoms with van der Waals surface area (Å²) in [7, 11) is 0. The first-order valence-corrected chi connectivity index (χ1v) is 3.71. The van der Waals surface area contributed by atoms with Crippen molar-refractivity contribution in [1.82, 2.24) is 0 Å².